The molecule has 3 heterocycles. The lowest BCUT2D eigenvalue weighted by molar-refractivity contribution is -0.137. The summed E-state index contributed by atoms with van der Waals surface area (Å²) in [7, 11) is 2.06. The summed E-state index contributed by atoms with van der Waals surface area (Å²) >= 11 is 12.1. The molecule has 8 nitrogen and oxygen atoms in total. The number of benzene rings is 2. The van der Waals surface area contributed by atoms with Gasteiger partial charge in [-0.25, -0.2) is 14.3 Å². The second-order valence-electron chi connectivity index (χ2n) is 8.45. The van der Waals surface area contributed by atoms with E-state index < -0.39 is 27.5 Å². The van der Waals surface area contributed by atoms with Gasteiger partial charge in [0.05, 0.1) is 26.7 Å². The van der Waals surface area contributed by atoms with Gasteiger partial charge in [-0.15, -0.1) is 0 Å². The number of fused-ring (bicyclic) bond motifs is 2. The van der Waals surface area contributed by atoms with E-state index in [1.54, 1.807) is 0 Å². The standard InChI is InChI=1S/C23H18Cl2F3N7O/c1-34-5-4-11-2-3-14(6-12(11)10-34)31-21-30-9-15-19(29)35(22(36)33-20(15)32-21)18-16(24)7-13(8-17(18)25)23(26,27)28/h2-3,6-9,29H,4-5,10H2,1H3,(H2,30,31,32,33,36). The number of alkyl halides is 3. The minimum Gasteiger partial charge on any atom is -0.324 e. The molecule has 0 bridgehead atoms. The molecule has 0 unspecified atom stereocenters. The molecule has 0 fully saturated rings. The number of hydrogen-bond donors (Lipinski definition) is 3. The monoisotopic (exact) mass is 535 g/mol. The Morgan fingerprint density at radius 2 is 1.86 bits per heavy atom. The number of likely N-dealkylation sites (N-methyl/N-ethyl adjacent to an activating group) is 1. The van der Waals surface area contributed by atoms with Crippen molar-refractivity contribution in [2.45, 2.75) is 19.1 Å². The van der Waals surface area contributed by atoms with Crippen LogP contribution in [0.25, 0.3) is 16.7 Å². The van der Waals surface area contributed by atoms with E-state index in [0.717, 1.165) is 29.8 Å². The highest BCUT2D eigenvalue weighted by Crippen LogP contribution is 2.36. The molecular formula is C23H18Cl2F3N7O. The van der Waals surface area contributed by atoms with Gasteiger partial charge >= 0.3 is 11.9 Å². The first-order valence-corrected chi connectivity index (χ1v) is 11.5. The third kappa shape index (κ3) is 4.45. The summed E-state index contributed by atoms with van der Waals surface area (Å²) < 4.78 is 40.1. The Hall–Kier alpha value is -3.41. The Balaban J connectivity index is 1.53. The molecule has 0 spiro atoms. The summed E-state index contributed by atoms with van der Waals surface area (Å²) in [5.41, 5.74) is 0.758. The lowest BCUT2D eigenvalue weighted by atomic mass is 9.99. The highest BCUT2D eigenvalue weighted by molar-refractivity contribution is 6.37. The van der Waals surface area contributed by atoms with Crippen molar-refractivity contribution in [3.63, 3.8) is 0 Å². The number of rotatable bonds is 3. The van der Waals surface area contributed by atoms with Crippen LogP contribution >= 0.6 is 23.2 Å². The van der Waals surface area contributed by atoms with Crippen LogP contribution in [0.5, 0.6) is 0 Å². The van der Waals surface area contributed by atoms with E-state index in [-0.39, 0.29) is 28.2 Å². The first-order valence-electron chi connectivity index (χ1n) is 10.7. The molecule has 36 heavy (non-hydrogen) atoms. The predicted molar refractivity (Wildman–Crippen MR) is 130 cm³/mol. The smallest absolute Gasteiger partial charge is 0.324 e. The van der Waals surface area contributed by atoms with Gasteiger partial charge in [0.25, 0.3) is 0 Å². The highest BCUT2D eigenvalue weighted by atomic mass is 35.5. The van der Waals surface area contributed by atoms with Crippen LogP contribution in [-0.4, -0.2) is 38.0 Å². The summed E-state index contributed by atoms with van der Waals surface area (Å²) in [6.45, 7) is 1.83. The van der Waals surface area contributed by atoms with E-state index in [0.29, 0.717) is 12.1 Å². The summed E-state index contributed by atoms with van der Waals surface area (Å²) in [5, 5.41) is 10.9. The number of aromatic amines is 1. The normalized spacial score (nSPS) is 14.2. The molecule has 3 N–H and O–H groups in total. The van der Waals surface area contributed by atoms with Crippen molar-refractivity contribution < 1.29 is 13.2 Å². The molecule has 0 amide bonds. The zero-order valence-corrected chi connectivity index (χ0v) is 20.2. The van der Waals surface area contributed by atoms with Crippen molar-refractivity contribution in [3.8, 4) is 5.69 Å². The molecule has 2 aromatic heterocycles. The molecule has 0 aliphatic carbocycles. The average molecular weight is 536 g/mol. The number of nitrogens with zero attached hydrogens (tertiary/aromatic N) is 4. The fourth-order valence-electron chi connectivity index (χ4n) is 4.15. The maximum atomic E-state index is 13.1. The molecule has 2 aromatic carbocycles. The summed E-state index contributed by atoms with van der Waals surface area (Å²) in [5.74, 6) is 0.199. The zero-order chi connectivity index (χ0) is 25.8. The van der Waals surface area contributed by atoms with Crippen molar-refractivity contribution in [1.82, 2.24) is 24.4 Å². The second kappa shape index (κ2) is 8.91. The van der Waals surface area contributed by atoms with Crippen molar-refractivity contribution in [2.75, 3.05) is 18.9 Å². The average Bonchev–Trinajstić information content (AvgIpc) is 2.79. The number of halogens is 5. The maximum Gasteiger partial charge on any atom is 0.416 e. The van der Waals surface area contributed by atoms with Crippen LogP contribution in [0, 0.1) is 5.41 Å². The first kappa shape index (κ1) is 24.3. The summed E-state index contributed by atoms with van der Waals surface area (Å²) in [4.78, 5) is 26.2. The minimum atomic E-state index is -4.68. The van der Waals surface area contributed by atoms with Crippen LogP contribution in [0.4, 0.5) is 24.8 Å². The number of anilines is 2. The third-order valence-electron chi connectivity index (χ3n) is 5.93. The SMILES string of the molecule is CN1CCc2ccc(Nc3ncc4c(=N)n(-c5c(Cl)cc(C(F)(F)F)cc5Cl)c(=O)[nH]c4n3)cc2C1. The molecule has 1 aliphatic heterocycles. The van der Waals surface area contributed by atoms with Gasteiger partial charge in [0.1, 0.15) is 5.49 Å². The lowest BCUT2D eigenvalue weighted by Crippen LogP contribution is -2.34. The van der Waals surface area contributed by atoms with Crippen LogP contribution < -0.4 is 16.5 Å². The van der Waals surface area contributed by atoms with Crippen molar-refractivity contribution in [1.29, 1.82) is 5.41 Å². The van der Waals surface area contributed by atoms with Crippen molar-refractivity contribution in [2.24, 2.45) is 0 Å². The zero-order valence-electron chi connectivity index (χ0n) is 18.7. The Morgan fingerprint density at radius 3 is 2.56 bits per heavy atom. The van der Waals surface area contributed by atoms with Gasteiger partial charge in [-0.1, -0.05) is 29.3 Å². The van der Waals surface area contributed by atoms with Gasteiger partial charge in [0.2, 0.25) is 5.95 Å². The molecule has 186 valence electrons. The molecular weight excluding hydrogens is 518 g/mol. The maximum absolute atomic E-state index is 13.1. The first-order chi connectivity index (χ1) is 17.0. The van der Waals surface area contributed by atoms with E-state index in [1.165, 1.54) is 17.3 Å². The van der Waals surface area contributed by atoms with Gasteiger partial charge in [0.15, 0.2) is 5.65 Å². The molecule has 1 aliphatic rings. The number of nitrogens with one attached hydrogen (secondary N) is 3. The minimum absolute atomic E-state index is 0.0654. The summed E-state index contributed by atoms with van der Waals surface area (Å²) in [6.07, 6.45) is -2.38. The molecule has 0 radical (unpaired) electrons. The van der Waals surface area contributed by atoms with Gasteiger partial charge in [0, 0.05) is 25.0 Å². The second-order valence-corrected chi connectivity index (χ2v) is 9.27. The van der Waals surface area contributed by atoms with Gasteiger partial charge in [-0.05, 0) is 48.9 Å². The predicted octanol–water partition coefficient (Wildman–Crippen LogP) is 4.65. The quantitative estimate of drug-likeness (QED) is 0.354. The largest absolute Gasteiger partial charge is 0.416 e. The Kier molecular flexibility index (Phi) is 6.01. The van der Waals surface area contributed by atoms with Crippen LogP contribution in [0.15, 0.2) is 41.3 Å². The van der Waals surface area contributed by atoms with Crippen LogP contribution in [0.2, 0.25) is 10.0 Å². The van der Waals surface area contributed by atoms with E-state index in [9.17, 15) is 18.0 Å². The molecule has 0 saturated carbocycles. The molecule has 13 heteroatoms. The van der Waals surface area contributed by atoms with Crippen molar-refractivity contribution in [3.05, 3.63) is 79.2 Å². The fourth-order valence-corrected chi connectivity index (χ4v) is 4.81. The van der Waals surface area contributed by atoms with E-state index in [2.05, 4.69) is 38.3 Å². The van der Waals surface area contributed by atoms with Gasteiger partial charge in [-0.3, -0.25) is 10.4 Å². The molecule has 5 rings (SSSR count). The molecule has 0 atom stereocenters. The van der Waals surface area contributed by atoms with Crippen LogP contribution in [0.3, 0.4) is 0 Å². The Labute approximate surface area is 211 Å². The number of H-pyrrole nitrogens is 1. The van der Waals surface area contributed by atoms with Crippen LogP contribution in [0.1, 0.15) is 16.7 Å². The van der Waals surface area contributed by atoms with Gasteiger partial charge < -0.3 is 10.2 Å². The topological polar surface area (TPSA) is 103 Å². The fraction of sp³-hybridized carbons (Fsp3) is 0.217. The van der Waals surface area contributed by atoms with Crippen LogP contribution in [-0.2, 0) is 19.1 Å². The van der Waals surface area contributed by atoms with E-state index >= 15 is 0 Å². The van der Waals surface area contributed by atoms with E-state index in [4.69, 9.17) is 28.6 Å². The number of aromatic nitrogens is 4. The Bertz CT molecular complexity index is 1610. The summed E-state index contributed by atoms with van der Waals surface area (Å²) in [6, 6.07) is 7.29. The lowest BCUT2D eigenvalue weighted by Gasteiger charge is -2.25. The van der Waals surface area contributed by atoms with E-state index in [1.807, 2.05) is 12.1 Å². The number of hydrogen-bond acceptors (Lipinski definition) is 6. The molecule has 0 saturated heterocycles. The molecule has 4 aromatic rings. The Morgan fingerprint density at radius 1 is 1.14 bits per heavy atom. The third-order valence-corrected chi connectivity index (χ3v) is 6.51. The highest BCUT2D eigenvalue weighted by Gasteiger charge is 2.32. The van der Waals surface area contributed by atoms with Crippen molar-refractivity contribution >= 4 is 45.9 Å². The van der Waals surface area contributed by atoms with Gasteiger partial charge in [-0.2, -0.15) is 18.2 Å².